The van der Waals surface area contributed by atoms with Gasteiger partial charge in [-0.05, 0) is 18.2 Å². The normalized spacial score (nSPS) is 14.4. The molecule has 0 saturated carbocycles. The average molecular weight is 483 g/mol. The number of nitro groups is 1. The number of halogens is 1. The zero-order chi connectivity index (χ0) is 21.3. The predicted molar refractivity (Wildman–Crippen MR) is 109 cm³/mol. The highest BCUT2D eigenvalue weighted by Gasteiger charge is 2.32. The molecule has 29 heavy (non-hydrogen) atoms. The molecule has 0 aliphatic carbocycles. The van der Waals surface area contributed by atoms with Gasteiger partial charge in [-0.3, -0.25) is 10.1 Å². The average Bonchev–Trinajstić information content (AvgIpc) is 2.96. The van der Waals surface area contributed by atoms with Crippen molar-refractivity contribution in [1.82, 2.24) is 5.01 Å². The first kappa shape index (κ1) is 20.7. The number of hydrogen-bond acceptors (Lipinski definition) is 8. The maximum Gasteiger partial charge on any atom is 0.285 e. The molecule has 0 saturated heterocycles. The Morgan fingerprint density at radius 1 is 1.24 bits per heavy atom. The van der Waals surface area contributed by atoms with E-state index in [1.54, 1.807) is 12.1 Å². The Bertz CT molecular complexity index is 1160. The minimum Gasteiger partial charge on any atom is -0.493 e. The number of non-ortho nitro benzene ring substituents is 1. The van der Waals surface area contributed by atoms with Crippen molar-refractivity contribution in [2.24, 2.45) is 9.50 Å². The highest BCUT2D eigenvalue weighted by Crippen LogP contribution is 2.34. The number of hydrazone groups is 1. The number of nitro benzene ring substituents is 1. The van der Waals surface area contributed by atoms with Crippen LogP contribution in [0.2, 0.25) is 0 Å². The van der Waals surface area contributed by atoms with E-state index in [0.29, 0.717) is 17.1 Å². The van der Waals surface area contributed by atoms with Gasteiger partial charge in [-0.25, -0.2) is 5.01 Å². The quantitative estimate of drug-likeness (QED) is 0.364. The Morgan fingerprint density at radius 3 is 2.59 bits per heavy atom. The van der Waals surface area contributed by atoms with E-state index in [4.69, 9.17) is 9.47 Å². The summed E-state index contributed by atoms with van der Waals surface area (Å²) in [7, 11) is 0.459. The third kappa shape index (κ3) is 3.93. The first-order chi connectivity index (χ1) is 13.7. The van der Waals surface area contributed by atoms with Gasteiger partial charge in [0.25, 0.3) is 15.7 Å². The topological polar surface area (TPSA) is 124 Å². The van der Waals surface area contributed by atoms with E-state index in [0.717, 1.165) is 10.5 Å². The second-order valence-electron chi connectivity index (χ2n) is 5.83. The van der Waals surface area contributed by atoms with Crippen LogP contribution in [-0.4, -0.2) is 51.7 Å². The standard InChI is InChI=1S/C17H15BrN4O6S/c1-21(19-9-10-6-11(18)7-14(27-2)16(10)28-3)17-13-5-4-12(22(23)24)8-15(13)29(25,26)20-17/h4-9H,1-3H3/b19-9+. The van der Waals surface area contributed by atoms with Crippen LogP contribution < -0.4 is 9.47 Å². The Morgan fingerprint density at radius 2 is 1.97 bits per heavy atom. The van der Waals surface area contributed by atoms with E-state index >= 15 is 0 Å². The van der Waals surface area contributed by atoms with Gasteiger partial charge in [-0.15, -0.1) is 4.40 Å². The zero-order valence-corrected chi connectivity index (χ0v) is 17.9. The van der Waals surface area contributed by atoms with Gasteiger partial charge in [0.1, 0.15) is 4.90 Å². The first-order valence-corrected chi connectivity index (χ1v) is 10.2. The molecule has 0 N–H and O–H groups in total. The predicted octanol–water partition coefficient (Wildman–Crippen LogP) is 2.79. The molecule has 0 bridgehead atoms. The highest BCUT2D eigenvalue weighted by atomic mass is 79.9. The molecule has 3 rings (SSSR count). The van der Waals surface area contributed by atoms with E-state index in [2.05, 4.69) is 25.4 Å². The smallest absolute Gasteiger partial charge is 0.285 e. The number of sulfonamides is 1. The number of fused-ring (bicyclic) bond motifs is 1. The summed E-state index contributed by atoms with van der Waals surface area (Å²) in [6, 6.07) is 7.03. The Kier molecular flexibility index (Phi) is 5.57. The van der Waals surface area contributed by atoms with Gasteiger partial charge in [-0.1, -0.05) is 15.9 Å². The number of nitrogens with zero attached hydrogens (tertiary/aromatic N) is 4. The number of amidine groups is 1. The molecule has 0 spiro atoms. The number of hydrogen-bond donors (Lipinski definition) is 0. The van der Waals surface area contributed by atoms with Crippen LogP contribution in [-0.2, 0) is 10.0 Å². The summed E-state index contributed by atoms with van der Waals surface area (Å²) in [5.74, 6) is 0.987. The summed E-state index contributed by atoms with van der Waals surface area (Å²) in [6.07, 6.45) is 1.46. The number of benzene rings is 2. The van der Waals surface area contributed by atoms with E-state index < -0.39 is 14.9 Å². The molecule has 1 aliphatic rings. The Balaban J connectivity index is 1.99. The maximum absolute atomic E-state index is 12.3. The first-order valence-electron chi connectivity index (χ1n) is 8.01. The summed E-state index contributed by atoms with van der Waals surface area (Å²) < 4.78 is 39.7. The molecule has 2 aromatic rings. The zero-order valence-electron chi connectivity index (χ0n) is 15.5. The maximum atomic E-state index is 12.3. The number of rotatable bonds is 5. The lowest BCUT2D eigenvalue weighted by Crippen LogP contribution is -2.21. The lowest BCUT2D eigenvalue weighted by molar-refractivity contribution is -0.385. The monoisotopic (exact) mass is 482 g/mol. The third-order valence-corrected chi connectivity index (χ3v) is 5.82. The van der Waals surface area contributed by atoms with Gasteiger partial charge >= 0.3 is 0 Å². The number of ether oxygens (including phenoxy) is 2. The minimum absolute atomic E-state index is 0.0482. The molecule has 0 radical (unpaired) electrons. The lowest BCUT2D eigenvalue weighted by atomic mass is 10.2. The van der Waals surface area contributed by atoms with Crippen LogP contribution in [0.4, 0.5) is 5.69 Å². The van der Waals surface area contributed by atoms with Gasteiger partial charge in [0.2, 0.25) is 0 Å². The van der Waals surface area contributed by atoms with E-state index in [-0.39, 0.29) is 22.0 Å². The van der Waals surface area contributed by atoms with Crippen molar-refractivity contribution in [3.8, 4) is 11.5 Å². The van der Waals surface area contributed by atoms with Crippen molar-refractivity contribution in [3.63, 3.8) is 0 Å². The molecular weight excluding hydrogens is 468 g/mol. The molecule has 0 fully saturated rings. The second-order valence-corrected chi connectivity index (χ2v) is 8.31. The van der Waals surface area contributed by atoms with Gasteiger partial charge in [0, 0.05) is 34.8 Å². The molecule has 12 heteroatoms. The van der Waals surface area contributed by atoms with Crippen LogP contribution in [0, 0.1) is 10.1 Å². The van der Waals surface area contributed by atoms with Crippen LogP contribution >= 0.6 is 15.9 Å². The van der Waals surface area contributed by atoms with Crippen molar-refractivity contribution in [2.45, 2.75) is 4.90 Å². The van der Waals surface area contributed by atoms with Gasteiger partial charge < -0.3 is 9.47 Å². The van der Waals surface area contributed by atoms with Crippen molar-refractivity contribution in [3.05, 3.63) is 56.0 Å². The molecule has 10 nitrogen and oxygen atoms in total. The minimum atomic E-state index is -4.05. The molecule has 0 amide bonds. The molecule has 0 atom stereocenters. The lowest BCUT2D eigenvalue weighted by Gasteiger charge is -2.14. The fourth-order valence-electron chi connectivity index (χ4n) is 2.73. The van der Waals surface area contributed by atoms with E-state index in [1.807, 2.05) is 0 Å². The fraction of sp³-hybridized carbons (Fsp3) is 0.176. The van der Waals surface area contributed by atoms with Crippen LogP contribution in [0.1, 0.15) is 11.1 Å². The Labute approximate surface area is 174 Å². The summed E-state index contributed by atoms with van der Waals surface area (Å²) >= 11 is 3.38. The van der Waals surface area contributed by atoms with Crippen LogP contribution in [0.15, 0.2) is 49.2 Å². The van der Waals surface area contributed by atoms with Crippen LogP contribution in [0.25, 0.3) is 0 Å². The fourth-order valence-corrected chi connectivity index (χ4v) is 4.43. The summed E-state index contributed by atoms with van der Waals surface area (Å²) in [6.45, 7) is 0. The Hall–Kier alpha value is -2.99. The van der Waals surface area contributed by atoms with E-state index in [1.165, 1.54) is 44.6 Å². The SMILES string of the molecule is COc1cc(Br)cc(/C=N/N(C)C2=NS(=O)(=O)c3cc([N+](=O)[O-])ccc32)c1OC. The van der Waals surface area contributed by atoms with E-state index in [9.17, 15) is 18.5 Å². The van der Waals surface area contributed by atoms with Crippen LogP contribution in [0.5, 0.6) is 11.5 Å². The third-order valence-electron chi connectivity index (χ3n) is 4.05. The molecular formula is C17H15BrN4O6S. The molecule has 2 aromatic carbocycles. The van der Waals surface area contributed by atoms with Crippen molar-refractivity contribution in [1.29, 1.82) is 0 Å². The largest absolute Gasteiger partial charge is 0.493 e. The van der Waals surface area contributed by atoms with Crippen LogP contribution in [0.3, 0.4) is 0 Å². The van der Waals surface area contributed by atoms with Crippen molar-refractivity contribution in [2.75, 3.05) is 21.3 Å². The summed E-state index contributed by atoms with van der Waals surface area (Å²) in [5, 5.41) is 16.5. The van der Waals surface area contributed by atoms with Gasteiger partial charge in [0.05, 0.1) is 25.4 Å². The summed E-state index contributed by atoms with van der Waals surface area (Å²) in [5.41, 5.74) is 0.478. The molecule has 1 heterocycles. The second kappa shape index (κ2) is 7.79. The molecule has 152 valence electrons. The molecule has 0 unspecified atom stereocenters. The highest BCUT2D eigenvalue weighted by molar-refractivity contribution is 9.10. The van der Waals surface area contributed by atoms with Gasteiger partial charge in [0.15, 0.2) is 17.3 Å². The molecule has 1 aliphatic heterocycles. The van der Waals surface area contributed by atoms with Crippen molar-refractivity contribution < 1.29 is 22.8 Å². The number of methoxy groups -OCH3 is 2. The summed E-state index contributed by atoms with van der Waals surface area (Å²) in [4.78, 5) is 10.0. The van der Waals surface area contributed by atoms with Gasteiger partial charge in [-0.2, -0.15) is 13.5 Å². The van der Waals surface area contributed by atoms with Crippen molar-refractivity contribution >= 4 is 43.7 Å². The molecule has 0 aromatic heterocycles.